The molecule has 0 saturated carbocycles. The second-order valence-corrected chi connectivity index (χ2v) is 7.54. The number of aryl methyl sites for hydroxylation is 1. The topological polar surface area (TPSA) is 79.6 Å². The minimum Gasteiger partial charge on any atom is -0.423 e. The molecule has 3 aromatic rings. The van der Waals surface area contributed by atoms with Gasteiger partial charge in [0, 0.05) is 16.5 Å². The first-order chi connectivity index (χ1) is 13.9. The molecule has 1 atom stereocenters. The predicted octanol–water partition coefficient (Wildman–Crippen LogP) is 4.11. The van der Waals surface area contributed by atoms with Crippen molar-refractivity contribution < 1.29 is 14.0 Å². The lowest BCUT2D eigenvalue weighted by Crippen LogP contribution is -2.43. The van der Waals surface area contributed by atoms with Crippen LogP contribution in [-0.4, -0.2) is 16.8 Å². The summed E-state index contributed by atoms with van der Waals surface area (Å²) in [4.78, 5) is 39.3. The van der Waals surface area contributed by atoms with Crippen LogP contribution in [0.25, 0.3) is 11.0 Å². The fourth-order valence-corrected chi connectivity index (χ4v) is 3.94. The van der Waals surface area contributed by atoms with Crippen LogP contribution in [0, 0.1) is 6.92 Å². The Bertz CT molecular complexity index is 1190. The van der Waals surface area contributed by atoms with Crippen LogP contribution in [0.2, 0.25) is 5.02 Å². The first-order valence-corrected chi connectivity index (χ1v) is 9.66. The Morgan fingerprint density at radius 3 is 2.52 bits per heavy atom. The van der Waals surface area contributed by atoms with E-state index in [2.05, 4.69) is 5.32 Å². The highest BCUT2D eigenvalue weighted by Crippen LogP contribution is 2.34. The Kier molecular flexibility index (Phi) is 4.67. The van der Waals surface area contributed by atoms with Crippen molar-refractivity contribution in [2.75, 3.05) is 0 Å². The smallest absolute Gasteiger partial charge is 0.336 e. The molecule has 0 bridgehead atoms. The molecule has 29 heavy (non-hydrogen) atoms. The number of carbonyl (C=O) groups excluding carboxylic acids is 2. The van der Waals surface area contributed by atoms with Gasteiger partial charge in [0.25, 0.3) is 5.91 Å². The van der Waals surface area contributed by atoms with Crippen molar-refractivity contribution in [3.63, 3.8) is 0 Å². The highest BCUT2D eigenvalue weighted by Gasteiger charge is 2.51. The van der Waals surface area contributed by atoms with E-state index in [-0.39, 0.29) is 12.5 Å². The van der Waals surface area contributed by atoms with Crippen LogP contribution in [0.1, 0.15) is 30.0 Å². The van der Waals surface area contributed by atoms with Gasteiger partial charge in [-0.15, -0.1) is 0 Å². The zero-order chi connectivity index (χ0) is 20.8. The molecule has 7 heteroatoms. The number of hydrogen-bond donors (Lipinski definition) is 1. The number of nitrogens with one attached hydrogen (secondary N) is 1. The predicted molar refractivity (Wildman–Crippen MR) is 110 cm³/mol. The van der Waals surface area contributed by atoms with Gasteiger partial charge in [0.1, 0.15) is 11.1 Å². The third kappa shape index (κ3) is 3.09. The molecule has 0 unspecified atom stereocenters. The molecule has 1 fully saturated rings. The number of rotatable bonds is 4. The quantitative estimate of drug-likeness (QED) is 0.518. The van der Waals surface area contributed by atoms with E-state index in [0.29, 0.717) is 28.0 Å². The van der Waals surface area contributed by atoms with E-state index in [4.69, 9.17) is 16.0 Å². The number of imide groups is 1. The monoisotopic (exact) mass is 410 g/mol. The van der Waals surface area contributed by atoms with Gasteiger partial charge in [-0.2, -0.15) is 0 Å². The molecule has 4 rings (SSSR count). The molecule has 1 aromatic heterocycles. The Labute approximate surface area is 172 Å². The molecular formula is C22H19ClN2O4. The SMILES string of the molecule is CC[C@]1(c2ccccc2)NC(=O)N(Cc2cc(=O)oc3cc(C)c(Cl)cc23)C1=O. The lowest BCUT2D eigenvalue weighted by atomic mass is 9.87. The van der Waals surface area contributed by atoms with Gasteiger partial charge >= 0.3 is 11.7 Å². The van der Waals surface area contributed by atoms with Crippen molar-refractivity contribution >= 4 is 34.5 Å². The highest BCUT2D eigenvalue weighted by molar-refractivity contribution is 6.32. The summed E-state index contributed by atoms with van der Waals surface area (Å²) in [6.07, 6.45) is 0.404. The summed E-state index contributed by atoms with van der Waals surface area (Å²) in [7, 11) is 0. The fraction of sp³-hybridized carbons (Fsp3) is 0.227. The molecule has 1 N–H and O–H groups in total. The van der Waals surface area contributed by atoms with Crippen LogP contribution >= 0.6 is 11.6 Å². The maximum atomic E-state index is 13.3. The third-order valence-corrected chi connectivity index (χ3v) is 5.82. The van der Waals surface area contributed by atoms with Crippen LogP contribution in [0.3, 0.4) is 0 Å². The lowest BCUT2D eigenvalue weighted by molar-refractivity contribution is -0.132. The molecule has 1 saturated heterocycles. The number of urea groups is 1. The van der Waals surface area contributed by atoms with Gasteiger partial charge in [0.15, 0.2) is 0 Å². The van der Waals surface area contributed by atoms with Crippen molar-refractivity contribution in [3.8, 4) is 0 Å². The molecule has 0 spiro atoms. The van der Waals surface area contributed by atoms with Crippen molar-refractivity contribution in [3.05, 3.63) is 80.7 Å². The van der Waals surface area contributed by atoms with Crippen LogP contribution < -0.4 is 10.9 Å². The van der Waals surface area contributed by atoms with Gasteiger partial charge in [-0.1, -0.05) is 48.9 Å². The number of carbonyl (C=O) groups is 2. The van der Waals surface area contributed by atoms with Crippen LogP contribution in [0.5, 0.6) is 0 Å². The number of nitrogens with zero attached hydrogens (tertiary/aromatic N) is 1. The van der Waals surface area contributed by atoms with Crippen LogP contribution in [-0.2, 0) is 16.9 Å². The molecule has 0 aliphatic carbocycles. The molecule has 0 radical (unpaired) electrons. The van der Waals surface area contributed by atoms with Crippen LogP contribution in [0.4, 0.5) is 4.79 Å². The Morgan fingerprint density at radius 2 is 1.83 bits per heavy atom. The Morgan fingerprint density at radius 1 is 1.10 bits per heavy atom. The van der Waals surface area contributed by atoms with Crippen molar-refractivity contribution in [2.45, 2.75) is 32.4 Å². The maximum absolute atomic E-state index is 13.3. The van der Waals surface area contributed by atoms with Gasteiger partial charge in [-0.05, 0) is 42.2 Å². The molecule has 6 nitrogen and oxygen atoms in total. The molecule has 2 heterocycles. The summed E-state index contributed by atoms with van der Waals surface area (Å²) in [5.41, 5.74) is 0.684. The molecular weight excluding hydrogens is 392 g/mol. The number of hydrogen-bond acceptors (Lipinski definition) is 4. The number of amides is 3. The molecule has 1 aliphatic rings. The van der Waals surface area contributed by atoms with E-state index in [0.717, 1.165) is 16.0 Å². The number of benzene rings is 2. The van der Waals surface area contributed by atoms with E-state index in [9.17, 15) is 14.4 Å². The van der Waals surface area contributed by atoms with Crippen LogP contribution in [0.15, 0.2) is 57.7 Å². The van der Waals surface area contributed by atoms with Crippen molar-refractivity contribution in [1.29, 1.82) is 0 Å². The van der Waals surface area contributed by atoms with Crippen molar-refractivity contribution in [2.24, 2.45) is 0 Å². The Balaban J connectivity index is 1.77. The van der Waals surface area contributed by atoms with E-state index < -0.39 is 17.2 Å². The fourth-order valence-electron chi connectivity index (χ4n) is 3.78. The van der Waals surface area contributed by atoms with E-state index in [1.165, 1.54) is 6.07 Å². The second-order valence-electron chi connectivity index (χ2n) is 7.13. The second kappa shape index (κ2) is 7.04. The average molecular weight is 411 g/mol. The third-order valence-electron chi connectivity index (χ3n) is 5.41. The molecule has 3 amide bonds. The minimum atomic E-state index is -1.12. The summed E-state index contributed by atoms with van der Waals surface area (Å²) in [5, 5.41) is 3.95. The molecule has 1 aliphatic heterocycles. The standard InChI is InChI=1S/C22H19ClN2O4/c1-3-22(15-7-5-4-6-8-15)20(27)25(21(28)24-22)12-14-10-19(26)29-18-9-13(2)17(23)11-16(14)18/h4-11H,3,12H2,1-2H3,(H,24,28)/t22-/m1/s1. The molecule has 148 valence electrons. The highest BCUT2D eigenvalue weighted by atomic mass is 35.5. The number of halogens is 1. The van der Waals surface area contributed by atoms with E-state index in [1.54, 1.807) is 19.1 Å². The van der Waals surface area contributed by atoms with E-state index >= 15 is 0 Å². The molecule has 2 aromatic carbocycles. The average Bonchev–Trinajstić information content (AvgIpc) is 2.95. The van der Waals surface area contributed by atoms with Gasteiger partial charge in [0.05, 0.1) is 6.54 Å². The zero-order valence-corrected chi connectivity index (χ0v) is 16.7. The first kappa shape index (κ1) is 19.2. The first-order valence-electron chi connectivity index (χ1n) is 9.28. The summed E-state index contributed by atoms with van der Waals surface area (Å²) in [5.74, 6) is -0.351. The van der Waals surface area contributed by atoms with Gasteiger partial charge < -0.3 is 9.73 Å². The maximum Gasteiger partial charge on any atom is 0.336 e. The zero-order valence-electron chi connectivity index (χ0n) is 16.0. The normalized spacial score (nSPS) is 19.1. The van der Waals surface area contributed by atoms with Gasteiger partial charge in [-0.3, -0.25) is 9.69 Å². The van der Waals surface area contributed by atoms with Gasteiger partial charge in [0.2, 0.25) is 0 Å². The minimum absolute atomic E-state index is 0.0548. The summed E-state index contributed by atoms with van der Waals surface area (Å²) < 4.78 is 5.27. The Hall–Kier alpha value is -3.12. The largest absolute Gasteiger partial charge is 0.423 e. The summed E-state index contributed by atoms with van der Waals surface area (Å²) in [6, 6.07) is 13.3. The van der Waals surface area contributed by atoms with E-state index in [1.807, 2.05) is 37.3 Å². The van der Waals surface area contributed by atoms with Crippen molar-refractivity contribution in [1.82, 2.24) is 10.2 Å². The summed E-state index contributed by atoms with van der Waals surface area (Å²) >= 11 is 6.24. The summed E-state index contributed by atoms with van der Waals surface area (Å²) in [6.45, 7) is 3.60. The lowest BCUT2D eigenvalue weighted by Gasteiger charge is -2.25. The number of fused-ring (bicyclic) bond motifs is 1. The van der Waals surface area contributed by atoms with Gasteiger partial charge in [-0.25, -0.2) is 9.59 Å².